The van der Waals surface area contributed by atoms with Crippen LogP contribution in [0.15, 0.2) is 176 Å². The van der Waals surface area contributed by atoms with Crippen LogP contribution in [0.4, 0.5) is 0 Å². The summed E-state index contributed by atoms with van der Waals surface area (Å²) >= 11 is 0. The van der Waals surface area contributed by atoms with Gasteiger partial charge in [-0.1, -0.05) is 121 Å². The third kappa shape index (κ3) is 4.86. The Bertz CT molecular complexity index is 2900. The van der Waals surface area contributed by atoms with E-state index in [-0.39, 0.29) is 10.8 Å². The maximum Gasteiger partial charge on any atom is 0.145 e. The van der Waals surface area contributed by atoms with Crippen molar-refractivity contribution in [3.05, 3.63) is 187 Å². The Balaban J connectivity index is 0.874. The van der Waals surface area contributed by atoms with Crippen molar-refractivity contribution < 1.29 is 0 Å². The first-order chi connectivity index (χ1) is 27.6. The Morgan fingerprint density at radius 3 is 1.61 bits per heavy atom. The molecule has 0 aliphatic heterocycles. The second kappa shape index (κ2) is 12.2. The van der Waals surface area contributed by atoms with Gasteiger partial charge in [-0.05, 0) is 138 Å². The Labute approximate surface area is 327 Å². The molecule has 56 heavy (non-hydrogen) atoms. The number of hydrogen-bond acceptors (Lipinski definition) is 1. The standard InChI is InChI=1S/C53H43N3/c1-3-11-43(12-4-1)55-48-17-9-7-15-45(48)46-30-40(23-28-49(46)55)38-19-24-41(25-20-38)52-31-36-29-37(32-52)34-53(33-36,35-52)42-26-21-39(22-27-42)51-54-47-16-8-10-18-50(47)56(51)44-13-5-2-6-14-44/h1-28,30,36-37H,29,31-35H2. The van der Waals surface area contributed by atoms with E-state index < -0.39 is 0 Å². The number of benzene rings is 7. The molecule has 13 rings (SSSR count). The van der Waals surface area contributed by atoms with Gasteiger partial charge in [0.1, 0.15) is 5.82 Å². The van der Waals surface area contributed by atoms with Gasteiger partial charge in [-0.15, -0.1) is 0 Å². The van der Waals surface area contributed by atoms with Gasteiger partial charge in [0.15, 0.2) is 0 Å². The van der Waals surface area contributed by atoms with E-state index in [1.165, 1.54) is 88.3 Å². The molecule has 0 spiro atoms. The molecule has 7 aromatic carbocycles. The zero-order valence-electron chi connectivity index (χ0n) is 31.5. The minimum absolute atomic E-state index is 0.235. The molecule has 4 bridgehead atoms. The molecule has 0 saturated heterocycles. The number of para-hydroxylation sites is 5. The zero-order chi connectivity index (χ0) is 36.8. The van der Waals surface area contributed by atoms with Gasteiger partial charge in [0.2, 0.25) is 0 Å². The average Bonchev–Trinajstić information content (AvgIpc) is 3.80. The fourth-order valence-electron chi connectivity index (χ4n) is 12.0. The molecule has 4 aliphatic rings. The number of aromatic nitrogens is 3. The molecule has 2 unspecified atom stereocenters. The molecule has 0 amide bonds. The van der Waals surface area contributed by atoms with Gasteiger partial charge in [0.05, 0.1) is 22.1 Å². The van der Waals surface area contributed by atoms with Crippen molar-refractivity contribution in [1.29, 1.82) is 0 Å². The molecule has 4 aliphatic carbocycles. The van der Waals surface area contributed by atoms with Gasteiger partial charge in [0, 0.05) is 27.7 Å². The van der Waals surface area contributed by atoms with Crippen LogP contribution in [0.3, 0.4) is 0 Å². The van der Waals surface area contributed by atoms with Crippen LogP contribution in [0.5, 0.6) is 0 Å². The first-order valence-electron chi connectivity index (χ1n) is 20.5. The van der Waals surface area contributed by atoms with Crippen LogP contribution >= 0.6 is 0 Å². The molecule has 2 aromatic heterocycles. The lowest BCUT2D eigenvalue weighted by atomic mass is 9.41. The highest BCUT2D eigenvalue weighted by Crippen LogP contribution is 2.66. The van der Waals surface area contributed by atoms with Crippen molar-refractivity contribution in [2.75, 3.05) is 0 Å². The molecule has 2 atom stereocenters. The number of fused-ring (bicyclic) bond motifs is 4. The van der Waals surface area contributed by atoms with E-state index >= 15 is 0 Å². The van der Waals surface area contributed by atoms with Gasteiger partial charge in [-0.2, -0.15) is 0 Å². The summed E-state index contributed by atoms with van der Waals surface area (Å²) in [6.07, 6.45) is 7.95. The molecule has 0 radical (unpaired) electrons. The normalized spacial score (nSPS) is 22.7. The molecule has 3 nitrogen and oxygen atoms in total. The van der Waals surface area contributed by atoms with Crippen molar-refractivity contribution in [2.45, 2.75) is 49.4 Å². The van der Waals surface area contributed by atoms with Crippen LogP contribution in [0.1, 0.15) is 49.7 Å². The summed E-state index contributed by atoms with van der Waals surface area (Å²) in [4.78, 5) is 5.16. The largest absolute Gasteiger partial charge is 0.309 e. The van der Waals surface area contributed by atoms with Crippen molar-refractivity contribution in [1.82, 2.24) is 14.1 Å². The van der Waals surface area contributed by atoms with E-state index in [9.17, 15) is 0 Å². The second-order valence-electron chi connectivity index (χ2n) is 17.2. The van der Waals surface area contributed by atoms with Crippen LogP contribution < -0.4 is 0 Å². The van der Waals surface area contributed by atoms with Crippen molar-refractivity contribution in [3.8, 4) is 33.9 Å². The Morgan fingerprint density at radius 2 is 0.946 bits per heavy atom. The van der Waals surface area contributed by atoms with Crippen LogP contribution in [0.2, 0.25) is 0 Å². The zero-order valence-corrected chi connectivity index (χ0v) is 31.5. The summed E-state index contributed by atoms with van der Waals surface area (Å²) in [5.74, 6) is 2.59. The lowest BCUT2D eigenvalue weighted by Gasteiger charge is -2.63. The number of hydrogen-bond donors (Lipinski definition) is 0. The summed E-state index contributed by atoms with van der Waals surface area (Å²) in [6.45, 7) is 0. The molecular formula is C53H43N3. The van der Waals surface area contributed by atoms with E-state index in [0.717, 1.165) is 34.4 Å². The predicted octanol–water partition coefficient (Wildman–Crippen LogP) is 13.2. The third-order valence-corrected chi connectivity index (χ3v) is 13.9. The quantitative estimate of drug-likeness (QED) is 0.168. The smallest absolute Gasteiger partial charge is 0.145 e. The SMILES string of the molecule is c1ccc(-n2c(-c3ccc(C45CC6CC(CC(c7ccc(-c8ccc9c(c8)c8ccccc8n9-c8ccccc8)cc7)(C6)C4)C5)cc3)nc3ccccc32)cc1. The highest BCUT2D eigenvalue weighted by atomic mass is 15.1. The minimum Gasteiger partial charge on any atom is -0.309 e. The molecule has 270 valence electrons. The van der Waals surface area contributed by atoms with Crippen LogP contribution in [-0.4, -0.2) is 14.1 Å². The van der Waals surface area contributed by atoms with Crippen LogP contribution in [0, 0.1) is 11.8 Å². The number of nitrogens with zero attached hydrogens (tertiary/aromatic N) is 3. The fraction of sp³-hybridized carbons (Fsp3) is 0.189. The monoisotopic (exact) mass is 721 g/mol. The Kier molecular flexibility index (Phi) is 6.96. The van der Waals surface area contributed by atoms with Crippen LogP contribution in [0.25, 0.3) is 66.7 Å². The van der Waals surface area contributed by atoms with E-state index in [2.05, 4.69) is 185 Å². The van der Waals surface area contributed by atoms with Gasteiger partial charge in [0.25, 0.3) is 0 Å². The summed E-state index contributed by atoms with van der Waals surface area (Å²) in [5.41, 5.74) is 14.3. The lowest BCUT2D eigenvalue weighted by molar-refractivity contribution is -0.0281. The summed E-state index contributed by atoms with van der Waals surface area (Å²) in [7, 11) is 0. The predicted molar refractivity (Wildman–Crippen MR) is 231 cm³/mol. The van der Waals surface area contributed by atoms with Crippen LogP contribution in [-0.2, 0) is 10.8 Å². The molecule has 4 fully saturated rings. The van der Waals surface area contributed by atoms with Gasteiger partial charge >= 0.3 is 0 Å². The molecule has 9 aromatic rings. The number of rotatable bonds is 6. The highest BCUT2D eigenvalue weighted by molar-refractivity contribution is 6.10. The summed E-state index contributed by atoms with van der Waals surface area (Å²) < 4.78 is 4.71. The average molecular weight is 722 g/mol. The van der Waals surface area contributed by atoms with E-state index in [1.54, 1.807) is 5.56 Å². The van der Waals surface area contributed by atoms with Crippen molar-refractivity contribution >= 4 is 32.8 Å². The van der Waals surface area contributed by atoms with E-state index in [0.29, 0.717) is 0 Å². The highest BCUT2D eigenvalue weighted by Gasteiger charge is 2.58. The van der Waals surface area contributed by atoms with E-state index in [4.69, 9.17) is 4.98 Å². The first-order valence-corrected chi connectivity index (χ1v) is 20.5. The minimum atomic E-state index is 0.235. The molecule has 2 heterocycles. The summed E-state index contributed by atoms with van der Waals surface area (Å²) in [5, 5.41) is 2.60. The summed E-state index contributed by atoms with van der Waals surface area (Å²) in [6, 6.07) is 65.2. The first kappa shape index (κ1) is 32.1. The molecular weight excluding hydrogens is 679 g/mol. The maximum atomic E-state index is 5.16. The van der Waals surface area contributed by atoms with Crippen molar-refractivity contribution in [2.24, 2.45) is 11.8 Å². The van der Waals surface area contributed by atoms with Crippen molar-refractivity contribution in [3.63, 3.8) is 0 Å². The lowest BCUT2D eigenvalue weighted by Crippen LogP contribution is -2.55. The van der Waals surface area contributed by atoms with Gasteiger partial charge in [-0.3, -0.25) is 4.57 Å². The maximum absolute atomic E-state index is 5.16. The Morgan fingerprint density at radius 1 is 0.429 bits per heavy atom. The third-order valence-electron chi connectivity index (χ3n) is 13.9. The molecule has 3 heteroatoms. The van der Waals surface area contributed by atoms with Gasteiger partial charge in [-0.25, -0.2) is 4.98 Å². The molecule has 0 N–H and O–H groups in total. The topological polar surface area (TPSA) is 22.8 Å². The number of imidazole rings is 1. The molecule has 4 saturated carbocycles. The van der Waals surface area contributed by atoms with Gasteiger partial charge < -0.3 is 4.57 Å². The van der Waals surface area contributed by atoms with E-state index in [1.807, 2.05) is 0 Å². The fourth-order valence-corrected chi connectivity index (χ4v) is 12.0. The second-order valence-corrected chi connectivity index (χ2v) is 17.2. The Hall–Kier alpha value is -6.19.